The molecule has 2 radical (unpaired) electrons. The Bertz CT molecular complexity index is 25.1. The molecule has 6 heavy (non-hydrogen) atoms. The van der Waals surface area contributed by atoms with Crippen molar-refractivity contribution in [1.29, 1.82) is 0 Å². The van der Waals surface area contributed by atoms with Crippen molar-refractivity contribution in [3.63, 3.8) is 0 Å². The number of hydrogen-bond donors (Lipinski definition) is 0. The molecule has 0 saturated heterocycles. The van der Waals surface area contributed by atoms with Gasteiger partial charge in [-0.1, -0.05) is 6.92 Å². The van der Waals surface area contributed by atoms with Crippen LogP contribution in [0.15, 0.2) is 0 Å². The highest BCUT2D eigenvalue weighted by molar-refractivity contribution is 7.98. The summed E-state index contributed by atoms with van der Waals surface area (Å²) < 4.78 is 0. The molecule has 0 N–H and O–H groups in total. The molecule has 1 atom stereocenters. The fourth-order valence-electron chi connectivity index (χ4n) is 0.263. The van der Waals surface area contributed by atoms with Crippen LogP contribution in [0.5, 0.6) is 0 Å². The fraction of sp³-hybridized carbons (Fsp3) is 0.800. The molecular formula is C5H10S. The molecule has 0 aromatic heterocycles. The highest BCUT2D eigenvalue weighted by Crippen LogP contribution is 2.00. The van der Waals surface area contributed by atoms with Crippen LogP contribution < -0.4 is 0 Å². The molecule has 0 nitrogen and oxygen atoms in total. The van der Waals surface area contributed by atoms with Gasteiger partial charge in [0.2, 0.25) is 0 Å². The first-order valence-electron chi connectivity index (χ1n) is 2.02. The van der Waals surface area contributed by atoms with Gasteiger partial charge in [-0.15, -0.1) is 0 Å². The van der Waals surface area contributed by atoms with E-state index in [0.29, 0.717) is 5.92 Å². The van der Waals surface area contributed by atoms with Gasteiger partial charge in [0.1, 0.15) is 0 Å². The van der Waals surface area contributed by atoms with Crippen LogP contribution in [0.4, 0.5) is 0 Å². The van der Waals surface area contributed by atoms with Crippen LogP contribution in [-0.4, -0.2) is 12.0 Å². The molecule has 0 saturated carbocycles. The molecule has 36 valence electrons. The van der Waals surface area contributed by atoms with Gasteiger partial charge in [-0.05, 0) is 24.9 Å². The predicted molar refractivity (Wildman–Crippen MR) is 31.8 cm³/mol. The van der Waals surface area contributed by atoms with Crippen molar-refractivity contribution in [2.24, 2.45) is 5.92 Å². The molecular weight excluding hydrogens is 92.1 g/mol. The molecule has 0 aliphatic heterocycles. The zero-order chi connectivity index (χ0) is 4.99. The third-order valence-corrected chi connectivity index (χ3v) is 1.29. The van der Waals surface area contributed by atoms with E-state index in [1.54, 1.807) is 11.8 Å². The lowest BCUT2D eigenvalue weighted by atomic mass is 10.3. The Balaban J connectivity index is 2.63. The van der Waals surface area contributed by atoms with Gasteiger partial charge in [0, 0.05) is 0 Å². The minimum atomic E-state index is 0.361. The lowest BCUT2D eigenvalue weighted by Crippen LogP contribution is -1.87. The maximum atomic E-state index is 5.38. The molecule has 0 amide bonds. The summed E-state index contributed by atoms with van der Waals surface area (Å²) in [5.74, 6) is 1.43. The summed E-state index contributed by atoms with van der Waals surface area (Å²) >= 11 is 1.78. The zero-order valence-corrected chi connectivity index (χ0v) is 5.09. The molecule has 0 aromatic carbocycles. The zero-order valence-electron chi connectivity index (χ0n) is 4.27. The van der Waals surface area contributed by atoms with Crippen molar-refractivity contribution in [1.82, 2.24) is 0 Å². The molecule has 0 fully saturated rings. The van der Waals surface area contributed by atoms with Crippen molar-refractivity contribution in [3.8, 4) is 0 Å². The first-order chi connectivity index (χ1) is 2.77. The summed E-state index contributed by atoms with van der Waals surface area (Å²) in [5.41, 5.74) is 0. The fourth-order valence-corrected chi connectivity index (χ4v) is 0.789. The van der Waals surface area contributed by atoms with Gasteiger partial charge in [-0.3, -0.25) is 0 Å². The molecule has 0 rings (SSSR count). The monoisotopic (exact) mass is 102 g/mol. The van der Waals surface area contributed by atoms with Gasteiger partial charge in [0.25, 0.3) is 0 Å². The summed E-state index contributed by atoms with van der Waals surface area (Å²) in [6.45, 7) is 7.39. The Kier molecular flexibility index (Phi) is 3.74. The lowest BCUT2D eigenvalue weighted by Gasteiger charge is -1.95. The van der Waals surface area contributed by atoms with E-state index in [4.69, 9.17) is 6.92 Å². The lowest BCUT2D eigenvalue weighted by molar-refractivity contribution is 0.844. The highest BCUT2D eigenvalue weighted by atomic mass is 32.2. The second kappa shape index (κ2) is 3.54. The van der Waals surface area contributed by atoms with E-state index in [0.717, 1.165) is 5.75 Å². The summed E-state index contributed by atoms with van der Waals surface area (Å²) in [7, 11) is 0. The maximum Gasteiger partial charge on any atom is -0.00417 e. The van der Waals surface area contributed by atoms with Gasteiger partial charge in [-0.2, -0.15) is 11.8 Å². The maximum absolute atomic E-state index is 5.38. The number of thioether (sulfide) groups is 1. The third-order valence-electron chi connectivity index (χ3n) is 0.430. The van der Waals surface area contributed by atoms with Crippen molar-refractivity contribution < 1.29 is 0 Å². The van der Waals surface area contributed by atoms with Gasteiger partial charge >= 0.3 is 0 Å². The van der Waals surface area contributed by atoms with E-state index in [2.05, 4.69) is 6.26 Å². The summed E-state index contributed by atoms with van der Waals surface area (Å²) in [5, 5.41) is 0. The Morgan fingerprint density at radius 3 is 2.33 bits per heavy atom. The Labute approximate surface area is 44.3 Å². The minimum absolute atomic E-state index is 0.361. The molecule has 0 bridgehead atoms. The second-order valence-electron chi connectivity index (χ2n) is 1.43. The Morgan fingerprint density at radius 1 is 1.83 bits per heavy atom. The first kappa shape index (κ1) is 6.35. The standard InChI is InChI=1S/C5H10S/c1-5(2)4-6-3/h1,5H,4H2,2-3H3/t5-/m0/s1. The third kappa shape index (κ3) is 4.35. The van der Waals surface area contributed by atoms with Gasteiger partial charge in [-0.25, -0.2) is 0 Å². The first-order valence-corrected chi connectivity index (χ1v) is 3.41. The van der Waals surface area contributed by atoms with E-state index < -0.39 is 0 Å². The number of rotatable bonds is 2. The van der Waals surface area contributed by atoms with Crippen molar-refractivity contribution in [2.45, 2.75) is 6.92 Å². The van der Waals surface area contributed by atoms with E-state index in [9.17, 15) is 0 Å². The summed E-state index contributed by atoms with van der Waals surface area (Å²) in [6.07, 6.45) is 2.06. The Hall–Kier alpha value is 0.350. The predicted octanol–water partition coefficient (Wildman–Crippen LogP) is 1.70. The van der Waals surface area contributed by atoms with Gasteiger partial charge < -0.3 is 0 Å². The largest absolute Gasteiger partial charge is 0.165 e. The summed E-state index contributed by atoms with van der Waals surface area (Å²) in [6, 6.07) is 0. The minimum Gasteiger partial charge on any atom is -0.165 e. The van der Waals surface area contributed by atoms with Crippen LogP contribution in [0, 0.1) is 12.8 Å². The van der Waals surface area contributed by atoms with Crippen LogP contribution in [0.2, 0.25) is 0 Å². The topological polar surface area (TPSA) is 0 Å². The number of hydrogen-bond acceptors (Lipinski definition) is 1. The van der Waals surface area contributed by atoms with E-state index in [1.165, 1.54) is 0 Å². The summed E-state index contributed by atoms with van der Waals surface area (Å²) in [4.78, 5) is 0. The van der Waals surface area contributed by atoms with Crippen LogP contribution in [0.3, 0.4) is 0 Å². The molecule has 0 aromatic rings. The van der Waals surface area contributed by atoms with E-state index >= 15 is 0 Å². The SMILES string of the molecule is [CH][C@@H](C)CSC. The van der Waals surface area contributed by atoms with Gasteiger partial charge in [0.05, 0.1) is 0 Å². The quantitative estimate of drug-likeness (QED) is 0.511. The van der Waals surface area contributed by atoms with Crippen LogP contribution >= 0.6 is 11.8 Å². The van der Waals surface area contributed by atoms with E-state index in [1.807, 2.05) is 6.92 Å². The average molecular weight is 102 g/mol. The van der Waals surface area contributed by atoms with Crippen LogP contribution in [0.1, 0.15) is 6.92 Å². The molecule has 0 unspecified atom stereocenters. The smallest absolute Gasteiger partial charge is 0.00417 e. The normalized spacial score (nSPS) is 10.0. The Morgan fingerprint density at radius 2 is 2.33 bits per heavy atom. The van der Waals surface area contributed by atoms with Crippen molar-refractivity contribution in [2.75, 3.05) is 12.0 Å². The molecule has 0 aliphatic carbocycles. The molecule has 1 heteroatoms. The molecule has 0 heterocycles. The average Bonchev–Trinajstić information content (AvgIpc) is 1.35. The van der Waals surface area contributed by atoms with Crippen LogP contribution in [-0.2, 0) is 0 Å². The molecule has 0 aliphatic rings. The van der Waals surface area contributed by atoms with E-state index in [-0.39, 0.29) is 0 Å². The highest BCUT2D eigenvalue weighted by Gasteiger charge is 1.86. The van der Waals surface area contributed by atoms with Crippen molar-refractivity contribution >= 4 is 11.8 Å². The van der Waals surface area contributed by atoms with Crippen molar-refractivity contribution in [3.05, 3.63) is 6.92 Å². The van der Waals surface area contributed by atoms with Gasteiger partial charge in [0.15, 0.2) is 0 Å². The van der Waals surface area contributed by atoms with Crippen LogP contribution in [0.25, 0.3) is 0 Å². The molecule has 0 spiro atoms. The second-order valence-corrected chi connectivity index (χ2v) is 2.34.